The molecule has 1 aliphatic heterocycles. The van der Waals surface area contributed by atoms with E-state index in [0.29, 0.717) is 11.9 Å². The van der Waals surface area contributed by atoms with E-state index in [9.17, 15) is 5.11 Å². The summed E-state index contributed by atoms with van der Waals surface area (Å²) in [4.78, 5) is 6.33. The molecule has 0 radical (unpaired) electrons. The minimum atomic E-state index is 0.265. The maximum Gasteiger partial charge on any atom is 0.171 e. The summed E-state index contributed by atoms with van der Waals surface area (Å²) in [6, 6.07) is 3.80. The van der Waals surface area contributed by atoms with Gasteiger partial charge in [-0.1, -0.05) is 0 Å². The normalized spacial score (nSPS) is 22.4. The van der Waals surface area contributed by atoms with Crippen molar-refractivity contribution in [3.8, 4) is 5.75 Å². The molecule has 0 unspecified atom stereocenters. The van der Waals surface area contributed by atoms with Crippen LogP contribution in [0.3, 0.4) is 0 Å². The summed E-state index contributed by atoms with van der Waals surface area (Å²) in [5, 5.41) is 13.0. The molecule has 2 heterocycles. The van der Waals surface area contributed by atoms with Crippen molar-refractivity contribution in [2.45, 2.75) is 13.0 Å². The van der Waals surface area contributed by atoms with Crippen LogP contribution in [0.15, 0.2) is 18.3 Å². The Morgan fingerprint density at radius 3 is 3.21 bits per heavy atom. The molecule has 0 saturated carbocycles. The Bertz CT molecular complexity index is 316. The van der Waals surface area contributed by atoms with Gasteiger partial charge in [-0.2, -0.15) is 0 Å². The molecule has 4 heteroatoms. The number of nitrogens with one attached hydrogen (secondary N) is 1. The lowest BCUT2D eigenvalue weighted by Gasteiger charge is -2.35. The van der Waals surface area contributed by atoms with Gasteiger partial charge in [0.25, 0.3) is 0 Å². The van der Waals surface area contributed by atoms with Gasteiger partial charge in [0.1, 0.15) is 0 Å². The second-order valence-electron chi connectivity index (χ2n) is 3.59. The van der Waals surface area contributed by atoms with Gasteiger partial charge in [-0.15, -0.1) is 0 Å². The molecule has 76 valence electrons. The highest BCUT2D eigenvalue weighted by Crippen LogP contribution is 2.25. The maximum absolute atomic E-state index is 9.66. The molecule has 2 rings (SSSR count). The third kappa shape index (κ3) is 1.65. The molecule has 14 heavy (non-hydrogen) atoms. The van der Waals surface area contributed by atoms with E-state index >= 15 is 0 Å². The van der Waals surface area contributed by atoms with Crippen molar-refractivity contribution in [3.05, 3.63) is 18.3 Å². The summed E-state index contributed by atoms with van der Waals surface area (Å²) in [7, 11) is 0. The van der Waals surface area contributed by atoms with Crippen LogP contribution >= 0.6 is 0 Å². The molecular weight excluding hydrogens is 178 g/mol. The van der Waals surface area contributed by atoms with Crippen LogP contribution in [-0.4, -0.2) is 35.8 Å². The first kappa shape index (κ1) is 9.27. The molecule has 4 nitrogen and oxygen atoms in total. The Morgan fingerprint density at radius 1 is 1.64 bits per heavy atom. The van der Waals surface area contributed by atoms with E-state index < -0.39 is 0 Å². The van der Waals surface area contributed by atoms with Gasteiger partial charge in [-0.05, 0) is 19.1 Å². The molecule has 1 aromatic heterocycles. The lowest BCUT2D eigenvalue weighted by atomic mass is 10.2. The Kier molecular flexibility index (Phi) is 2.54. The fourth-order valence-corrected chi connectivity index (χ4v) is 1.77. The van der Waals surface area contributed by atoms with Crippen LogP contribution in [0.5, 0.6) is 5.75 Å². The number of aromatic nitrogens is 1. The van der Waals surface area contributed by atoms with Crippen molar-refractivity contribution in [1.82, 2.24) is 10.3 Å². The summed E-state index contributed by atoms with van der Waals surface area (Å²) in [5.74, 6) is 0.961. The molecule has 0 bridgehead atoms. The number of aromatic hydroxyl groups is 1. The fourth-order valence-electron chi connectivity index (χ4n) is 1.77. The Balaban J connectivity index is 2.25. The largest absolute Gasteiger partial charge is 0.504 e. The number of piperazine rings is 1. The topological polar surface area (TPSA) is 48.4 Å². The van der Waals surface area contributed by atoms with Crippen LogP contribution < -0.4 is 10.2 Å². The predicted molar refractivity (Wildman–Crippen MR) is 55.6 cm³/mol. The van der Waals surface area contributed by atoms with Gasteiger partial charge in [-0.25, -0.2) is 4.98 Å². The van der Waals surface area contributed by atoms with Gasteiger partial charge in [-0.3, -0.25) is 0 Å². The average Bonchev–Trinajstić information content (AvgIpc) is 2.20. The maximum atomic E-state index is 9.66. The number of hydrogen-bond acceptors (Lipinski definition) is 4. The first-order chi connectivity index (χ1) is 6.79. The van der Waals surface area contributed by atoms with Gasteiger partial charge in [0.15, 0.2) is 11.6 Å². The summed E-state index contributed by atoms with van der Waals surface area (Å²) < 4.78 is 0. The zero-order valence-electron chi connectivity index (χ0n) is 8.27. The smallest absolute Gasteiger partial charge is 0.171 e. The third-order valence-corrected chi connectivity index (χ3v) is 2.54. The van der Waals surface area contributed by atoms with Crippen LogP contribution in [0.25, 0.3) is 0 Å². The highest BCUT2D eigenvalue weighted by molar-refractivity contribution is 5.52. The van der Waals surface area contributed by atoms with Crippen LogP contribution in [0.4, 0.5) is 5.82 Å². The Morgan fingerprint density at radius 2 is 2.50 bits per heavy atom. The zero-order chi connectivity index (χ0) is 9.97. The van der Waals surface area contributed by atoms with Crippen molar-refractivity contribution >= 4 is 5.82 Å². The molecule has 1 saturated heterocycles. The first-order valence-electron chi connectivity index (χ1n) is 4.90. The molecule has 0 amide bonds. The fraction of sp³-hybridized carbons (Fsp3) is 0.500. The van der Waals surface area contributed by atoms with Crippen molar-refractivity contribution in [2.75, 3.05) is 24.5 Å². The number of nitrogens with zero attached hydrogens (tertiary/aromatic N) is 2. The van der Waals surface area contributed by atoms with Crippen LogP contribution in [0.1, 0.15) is 6.92 Å². The van der Waals surface area contributed by atoms with Gasteiger partial charge in [0, 0.05) is 31.9 Å². The number of hydrogen-bond donors (Lipinski definition) is 2. The highest BCUT2D eigenvalue weighted by atomic mass is 16.3. The van der Waals surface area contributed by atoms with E-state index in [2.05, 4.69) is 22.1 Å². The monoisotopic (exact) mass is 193 g/mol. The van der Waals surface area contributed by atoms with Gasteiger partial charge in [0.05, 0.1) is 0 Å². The van der Waals surface area contributed by atoms with Crippen molar-refractivity contribution in [3.63, 3.8) is 0 Å². The minimum absolute atomic E-state index is 0.265. The van der Waals surface area contributed by atoms with E-state index in [1.165, 1.54) is 0 Å². The second-order valence-corrected chi connectivity index (χ2v) is 3.59. The molecule has 1 fully saturated rings. The summed E-state index contributed by atoms with van der Waals surface area (Å²) in [6.07, 6.45) is 1.71. The molecule has 0 aliphatic carbocycles. The second kappa shape index (κ2) is 3.84. The Labute approximate surface area is 83.6 Å². The quantitative estimate of drug-likeness (QED) is 0.685. The Hall–Kier alpha value is -1.29. The lowest BCUT2D eigenvalue weighted by molar-refractivity contribution is 0.452. The molecular formula is C10H15N3O. The van der Waals surface area contributed by atoms with Crippen molar-refractivity contribution < 1.29 is 5.11 Å². The standard InChI is InChI=1S/C10H15N3O/c1-8-7-11-5-6-13(8)10-9(14)3-2-4-12-10/h2-4,8,11,14H,5-7H2,1H3/t8-/m0/s1. The van der Waals surface area contributed by atoms with Crippen LogP contribution in [-0.2, 0) is 0 Å². The summed E-state index contributed by atoms with van der Waals surface area (Å²) in [6.45, 7) is 4.91. The summed E-state index contributed by atoms with van der Waals surface area (Å²) >= 11 is 0. The summed E-state index contributed by atoms with van der Waals surface area (Å²) in [5.41, 5.74) is 0. The third-order valence-electron chi connectivity index (χ3n) is 2.54. The highest BCUT2D eigenvalue weighted by Gasteiger charge is 2.21. The predicted octanol–water partition coefficient (Wildman–Crippen LogP) is 0.585. The average molecular weight is 193 g/mol. The van der Waals surface area contributed by atoms with Gasteiger partial charge < -0.3 is 15.3 Å². The number of pyridine rings is 1. The van der Waals surface area contributed by atoms with Crippen molar-refractivity contribution in [1.29, 1.82) is 0 Å². The molecule has 1 atom stereocenters. The van der Waals surface area contributed by atoms with E-state index in [0.717, 1.165) is 19.6 Å². The lowest BCUT2D eigenvalue weighted by Crippen LogP contribution is -2.50. The molecule has 1 aromatic rings. The molecule has 0 aromatic carbocycles. The van der Waals surface area contributed by atoms with E-state index in [4.69, 9.17) is 0 Å². The molecule has 1 aliphatic rings. The van der Waals surface area contributed by atoms with E-state index in [-0.39, 0.29) is 5.75 Å². The minimum Gasteiger partial charge on any atom is -0.504 e. The number of rotatable bonds is 1. The first-order valence-corrected chi connectivity index (χ1v) is 4.90. The SMILES string of the molecule is C[C@H]1CNCCN1c1ncccc1O. The van der Waals surface area contributed by atoms with Gasteiger partial charge in [0.2, 0.25) is 0 Å². The van der Waals surface area contributed by atoms with Crippen molar-refractivity contribution in [2.24, 2.45) is 0 Å². The molecule has 2 N–H and O–H groups in total. The zero-order valence-corrected chi connectivity index (χ0v) is 8.27. The number of anilines is 1. The van der Waals surface area contributed by atoms with Crippen LogP contribution in [0.2, 0.25) is 0 Å². The van der Waals surface area contributed by atoms with E-state index in [1.54, 1.807) is 18.3 Å². The van der Waals surface area contributed by atoms with E-state index in [1.807, 2.05) is 0 Å². The van der Waals surface area contributed by atoms with Crippen LogP contribution in [0, 0.1) is 0 Å². The molecule has 0 spiro atoms. The van der Waals surface area contributed by atoms with Gasteiger partial charge >= 0.3 is 0 Å².